The first-order valence-electron chi connectivity index (χ1n) is 5.12. The maximum Gasteiger partial charge on any atom is 0.309 e. The highest BCUT2D eigenvalue weighted by Crippen LogP contribution is 2.48. The summed E-state index contributed by atoms with van der Waals surface area (Å²) in [6.45, 7) is 0. The number of aliphatic carboxylic acids is 1. The molecular formula is C10H8N2O4S. The zero-order valence-corrected chi connectivity index (χ0v) is 9.44. The van der Waals surface area contributed by atoms with Crippen LogP contribution in [0.4, 0.5) is 5.13 Å². The third-order valence-corrected chi connectivity index (χ3v) is 3.80. The molecule has 88 valence electrons. The van der Waals surface area contributed by atoms with Gasteiger partial charge in [0, 0.05) is 5.38 Å². The van der Waals surface area contributed by atoms with Crippen molar-refractivity contribution in [2.45, 2.75) is 12.8 Å². The van der Waals surface area contributed by atoms with Gasteiger partial charge in [-0.1, -0.05) is 0 Å². The molecule has 1 aromatic heterocycles. The van der Waals surface area contributed by atoms with E-state index in [-0.39, 0.29) is 30.1 Å². The standard InChI is InChI=1S/C10H8N2O4S/c13-7(14)1-4-3-17-10(11-4)12-8(15)5-2-6(5)9(12)16/h3,5-6H,1-2H2,(H,13,14). The first-order valence-corrected chi connectivity index (χ1v) is 6.00. The average Bonchev–Trinajstić information content (AvgIpc) is 2.87. The molecule has 6 nitrogen and oxygen atoms in total. The number of fused-ring (bicyclic) bond motifs is 1. The van der Waals surface area contributed by atoms with Crippen molar-refractivity contribution in [1.29, 1.82) is 0 Å². The molecule has 1 aliphatic heterocycles. The van der Waals surface area contributed by atoms with E-state index >= 15 is 0 Å². The SMILES string of the molecule is O=C(O)Cc1csc(N2C(=O)C3CC3C2=O)n1. The fourth-order valence-corrected chi connectivity index (χ4v) is 2.84. The quantitative estimate of drug-likeness (QED) is 0.781. The van der Waals surface area contributed by atoms with Gasteiger partial charge in [0.1, 0.15) is 0 Å². The van der Waals surface area contributed by atoms with Gasteiger partial charge in [0.15, 0.2) is 5.13 Å². The molecule has 1 N–H and O–H groups in total. The lowest BCUT2D eigenvalue weighted by atomic mass is 10.3. The number of piperidine rings is 1. The van der Waals surface area contributed by atoms with E-state index in [1.165, 1.54) is 0 Å². The number of hydrogen-bond donors (Lipinski definition) is 1. The number of anilines is 1. The highest BCUT2D eigenvalue weighted by Gasteiger charge is 2.59. The number of amides is 2. The number of carboxylic acids is 1. The summed E-state index contributed by atoms with van der Waals surface area (Å²) in [5.41, 5.74) is 0.374. The number of rotatable bonds is 3. The van der Waals surface area contributed by atoms with Gasteiger partial charge in [0.2, 0.25) is 11.8 Å². The van der Waals surface area contributed by atoms with Crippen LogP contribution >= 0.6 is 11.3 Å². The Bertz CT molecular complexity index is 518. The predicted molar refractivity (Wildman–Crippen MR) is 57.5 cm³/mol. The second-order valence-corrected chi connectivity index (χ2v) is 4.99. The number of carbonyl (C=O) groups excluding carboxylic acids is 2. The Morgan fingerprint density at radius 1 is 1.47 bits per heavy atom. The van der Waals surface area contributed by atoms with Crippen LogP contribution in [0.5, 0.6) is 0 Å². The van der Waals surface area contributed by atoms with Gasteiger partial charge in [-0.3, -0.25) is 14.4 Å². The largest absolute Gasteiger partial charge is 0.481 e. The lowest BCUT2D eigenvalue weighted by Crippen LogP contribution is -2.32. The Morgan fingerprint density at radius 3 is 2.71 bits per heavy atom. The van der Waals surface area contributed by atoms with E-state index in [1.807, 2.05) is 0 Å². The summed E-state index contributed by atoms with van der Waals surface area (Å²) >= 11 is 1.13. The Labute approximate surface area is 99.9 Å². The van der Waals surface area contributed by atoms with Crippen LogP contribution in [0.3, 0.4) is 0 Å². The highest BCUT2D eigenvalue weighted by molar-refractivity contribution is 7.14. The molecule has 3 rings (SSSR count). The first-order chi connectivity index (χ1) is 8.08. The first kappa shape index (κ1) is 10.4. The van der Waals surface area contributed by atoms with Crippen LogP contribution in [0, 0.1) is 11.8 Å². The maximum atomic E-state index is 11.7. The molecule has 0 radical (unpaired) electrons. The average molecular weight is 252 g/mol. The fourth-order valence-electron chi connectivity index (χ4n) is 2.00. The molecule has 2 atom stereocenters. The second kappa shape index (κ2) is 3.36. The number of carboxylic acid groups (broad SMARTS) is 1. The van der Waals surface area contributed by atoms with Gasteiger partial charge < -0.3 is 5.11 Å². The minimum Gasteiger partial charge on any atom is -0.481 e. The van der Waals surface area contributed by atoms with Gasteiger partial charge in [0.25, 0.3) is 0 Å². The Balaban J connectivity index is 1.85. The molecule has 1 saturated carbocycles. The molecule has 2 unspecified atom stereocenters. The van der Waals surface area contributed by atoms with E-state index in [9.17, 15) is 14.4 Å². The maximum absolute atomic E-state index is 11.7. The molecule has 1 saturated heterocycles. The summed E-state index contributed by atoms with van der Waals surface area (Å²) in [5.74, 6) is -1.69. The van der Waals surface area contributed by atoms with Crippen molar-refractivity contribution >= 4 is 34.3 Å². The monoisotopic (exact) mass is 252 g/mol. The van der Waals surface area contributed by atoms with Crippen molar-refractivity contribution in [2.75, 3.05) is 4.90 Å². The molecule has 17 heavy (non-hydrogen) atoms. The van der Waals surface area contributed by atoms with Gasteiger partial charge in [-0.05, 0) is 6.42 Å². The van der Waals surface area contributed by atoms with Gasteiger partial charge in [-0.2, -0.15) is 0 Å². The van der Waals surface area contributed by atoms with Crippen molar-refractivity contribution < 1.29 is 19.5 Å². The van der Waals surface area contributed by atoms with E-state index in [4.69, 9.17) is 5.11 Å². The van der Waals surface area contributed by atoms with Crippen molar-refractivity contribution in [3.8, 4) is 0 Å². The highest BCUT2D eigenvalue weighted by atomic mass is 32.1. The molecule has 1 aromatic rings. The summed E-state index contributed by atoms with van der Waals surface area (Å²) in [6, 6.07) is 0. The van der Waals surface area contributed by atoms with Crippen LogP contribution < -0.4 is 4.90 Å². The number of thiazole rings is 1. The molecule has 2 heterocycles. The van der Waals surface area contributed by atoms with Gasteiger partial charge in [-0.15, -0.1) is 11.3 Å². The Morgan fingerprint density at radius 2 is 2.12 bits per heavy atom. The summed E-state index contributed by atoms with van der Waals surface area (Å²) in [6.07, 6.45) is 0.459. The minimum absolute atomic E-state index is 0.158. The predicted octanol–water partition coefficient (Wildman–Crippen LogP) is 0.280. The zero-order chi connectivity index (χ0) is 12.2. The van der Waals surface area contributed by atoms with Gasteiger partial charge in [-0.25, -0.2) is 9.88 Å². The fraction of sp³-hybridized carbons (Fsp3) is 0.400. The van der Waals surface area contributed by atoms with Crippen molar-refractivity contribution in [2.24, 2.45) is 11.8 Å². The lowest BCUT2D eigenvalue weighted by molar-refractivity contribution is -0.136. The second-order valence-electron chi connectivity index (χ2n) is 4.15. The Hall–Kier alpha value is -1.76. The minimum atomic E-state index is -0.983. The molecule has 7 heteroatoms. The van der Waals surface area contributed by atoms with Crippen molar-refractivity contribution in [3.05, 3.63) is 11.1 Å². The van der Waals surface area contributed by atoms with Crippen LogP contribution in [-0.4, -0.2) is 27.9 Å². The van der Waals surface area contributed by atoms with E-state index in [0.717, 1.165) is 16.2 Å². The summed E-state index contributed by atoms with van der Waals surface area (Å²) in [4.78, 5) is 39.1. The smallest absolute Gasteiger partial charge is 0.309 e. The summed E-state index contributed by atoms with van der Waals surface area (Å²) in [5, 5.41) is 10.5. The lowest BCUT2D eigenvalue weighted by Gasteiger charge is -2.11. The molecule has 0 aromatic carbocycles. The van der Waals surface area contributed by atoms with Crippen LogP contribution in [0.15, 0.2) is 5.38 Å². The number of hydrogen-bond acceptors (Lipinski definition) is 5. The van der Waals surface area contributed by atoms with E-state index in [2.05, 4.69) is 4.98 Å². The summed E-state index contributed by atoms with van der Waals surface area (Å²) < 4.78 is 0. The van der Waals surface area contributed by atoms with Crippen LogP contribution in [0.25, 0.3) is 0 Å². The third kappa shape index (κ3) is 1.54. The van der Waals surface area contributed by atoms with Crippen LogP contribution in [0.2, 0.25) is 0 Å². The Kier molecular flexibility index (Phi) is 2.06. The molecule has 2 fully saturated rings. The van der Waals surface area contributed by atoms with E-state index in [0.29, 0.717) is 17.2 Å². The van der Waals surface area contributed by atoms with E-state index in [1.54, 1.807) is 5.38 Å². The van der Waals surface area contributed by atoms with Crippen molar-refractivity contribution in [1.82, 2.24) is 4.98 Å². The molecular weight excluding hydrogens is 244 g/mol. The summed E-state index contributed by atoms with van der Waals surface area (Å²) in [7, 11) is 0. The number of nitrogens with zero attached hydrogens (tertiary/aromatic N) is 2. The molecule has 0 spiro atoms. The topological polar surface area (TPSA) is 87.6 Å². The van der Waals surface area contributed by atoms with Gasteiger partial charge >= 0.3 is 5.97 Å². The molecule has 0 bridgehead atoms. The molecule has 2 aliphatic rings. The van der Waals surface area contributed by atoms with Crippen LogP contribution in [0.1, 0.15) is 12.1 Å². The van der Waals surface area contributed by atoms with E-state index < -0.39 is 5.97 Å². The normalized spacial score (nSPS) is 26.2. The third-order valence-electron chi connectivity index (χ3n) is 2.93. The van der Waals surface area contributed by atoms with Gasteiger partial charge in [0.05, 0.1) is 24.0 Å². The van der Waals surface area contributed by atoms with Crippen molar-refractivity contribution in [3.63, 3.8) is 0 Å². The van der Waals surface area contributed by atoms with Crippen LogP contribution in [-0.2, 0) is 20.8 Å². The zero-order valence-electron chi connectivity index (χ0n) is 8.62. The number of aromatic nitrogens is 1. The number of carbonyl (C=O) groups is 3. The molecule has 2 amide bonds. The number of imide groups is 1. The molecule has 1 aliphatic carbocycles.